The summed E-state index contributed by atoms with van der Waals surface area (Å²) in [6.45, 7) is 108. The van der Waals surface area contributed by atoms with E-state index in [1.807, 2.05) is 12.4 Å². The molecule has 0 aliphatic rings. The van der Waals surface area contributed by atoms with Crippen LogP contribution in [0.5, 0.6) is 0 Å². The summed E-state index contributed by atoms with van der Waals surface area (Å²) in [6, 6.07) is 14.0. The zero-order valence-electron chi connectivity index (χ0n) is 88.8. The van der Waals surface area contributed by atoms with E-state index in [1.165, 1.54) is 123 Å². The lowest BCUT2D eigenvalue weighted by Crippen LogP contribution is -2.09. The molecule has 12 rings (SSSR count). The van der Waals surface area contributed by atoms with Crippen LogP contribution in [0.25, 0.3) is 66.2 Å². The first-order valence-corrected chi connectivity index (χ1v) is 49.4. The molecule has 15 nitrogen and oxygen atoms in total. The molecule has 0 aliphatic carbocycles. The molecule has 126 heavy (non-hydrogen) atoms. The van der Waals surface area contributed by atoms with Crippen molar-refractivity contribution in [3.8, 4) is 0 Å². The van der Waals surface area contributed by atoms with Gasteiger partial charge in [-0.3, -0.25) is 9.97 Å². The zero-order chi connectivity index (χ0) is 95.4. The highest BCUT2D eigenvalue weighted by Gasteiger charge is 2.32. The molecule has 0 radical (unpaired) electrons. The number of nitrogens with zero attached hydrogens (tertiary/aromatic N) is 15. The van der Waals surface area contributed by atoms with Gasteiger partial charge >= 0.3 is 0 Å². The first-order valence-electron chi connectivity index (χ1n) is 49.4. The van der Waals surface area contributed by atoms with Gasteiger partial charge < -0.3 is 27.4 Å². The van der Waals surface area contributed by atoms with Crippen LogP contribution in [0.4, 0.5) is 0 Å². The van der Waals surface area contributed by atoms with Crippen LogP contribution < -0.4 is 0 Å². The fourth-order valence-electron chi connectivity index (χ4n) is 19.3. The zero-order valence-corrected chi connectivity index (χ0v) is 88.8. The Morgan fingerprint density at radius 1 is 0.198 bits per heavy atom. The smallest absolute Gasteiger partial charge is 0.163 e. The maximum Gasteiger partial charge on any atom is 0.163 e. The number of pyridine rings is 3. The molecule has 0 atom stereocenters. The number of hydrogen-bond acceptors (Lipinski definition) is 9. The summed E-state index contributed by atoms with van der Waals surface area (Å²) in [7, 11) is 0. The molecule has 696 valence electrons. The number of hydrogen-bond donors (Lipinski definition) is 0. The summed E-state index contributed by atoms with van der Waals surface area (Å²) < 4.78 is 14.6. The van der Waals surface area contributed by atoms with Crippen molar-refractivity contribution in [3.05, 3.63) is 157 Å². The third kappa shape index (κ3) is 22.3. The van der Waals surface area contributed by atoms with Crippen molar-refractivity contribution in [2.45, 2.75) is 475 Å². The molecule has 0 aliphatic heterocycles. The third-order valence-corrected chi connectivity index (χ3v) is 24.7. The summed E-state index contributed by atoms with van der Waals surface area (Å²) in [5, 5.41) is 13.1. The first-order chi connectivity index (χ1) is 58.5. The molecule has 0 fully saturated rings. The van der Waals surface area contributed by atoms with Crippen molar-refractivity contribution in [1.29, 1.82) is 0 Å². The van der Waals surface area contributed by atoms with Crippen LogP contribution in [0, 0.1) is 0 Å². The van der Waals surface area contributed by atoms with Crippen LogP contribution in [0.3, 0.4) is 0 Å². The molecule has 0 saturated carbocycles. The molecule has 0 amide bonds. The van der Waals surface area contributed by atoms with Gasteiger partial charge in [-0.05, 0) is 236 Å². The van der Waals surface area contributed by atoms with Gasteiger partial charge in [-0.25, -0.2) is 24.9 Å². The largest absolute Gasteiger partial charge is 0.340 e. The van der Waals surface area contributed by atoms with Gasteiger partial charge in [-0.1, -0.05) is 249 Å². The molecule has 0 saturated heterocycles. The fourth-order valence-corrected chi connectivity index (χ4v) is 19.3. The second-order valence-electron chi connectivity index (χ2n) is 43.7. The molecule has 12 heterocycles. The average Bonchev–Trinajstić information content (AvgIpc) is 1.64. The topological polar surface area (TPSA) is 146 Å². The highest BCUT2D eigenvalue weighted by Crippen LogP contribution is 2.46. The van der Waals surface area contributed by atoms with Gasteiger partial charge in [0.05, 0.1) is 57.6 Å². The minimum atomic E-state index is 0.360. The van der Waals surface area contributed by atoms with Crippen molar-refractivity contribution < 1.29 is 0 Å². The van der Waals surface area contributed by atoms with Crippen LogP contribution in [-0.4, -0.2) is 72.5 Å². The van der Waals surface area contributed by atoms with Crippen molar-refractivity contribution in [2.24, 2.45) is 0 Å². The maximum absolute atomic E-state index is 5.02. The molecule has 12 aromatic heterocycles. The first kappa shape index (κ1) is 105. The van der Waals surface area contributed by atoms with E-state index in [0.717, 1.165) is 45.2 Å². The van der Waals surface area contributed by atoms with Gasteiger partial charge in [0.25, 0.3) is 0 Å². The second kappa shape index (κ2) is 43.6. The van der Waals surface area contributed by atoms with Crippen LogP contribution in [-0.2, 0) is 0 Å². The summed E-state index contributed by atoms with van der Waals surface area (Å²) in [4.78, 5) is 33.8. The van der Waals surface area contributed by atoms with E-state index in [4.69, 9.17) is 29.9 Å². The lowest BCUT2D eigenvalue weighted by atomic mass is 9.93. The third-order valence-electron chi connectivity index (χ3n) is 24.7. The van der Waals surface area contributed by atoms with Crippen LogP contribution in [0.2, 0.25) is 0 Å². The Morgan fingerprint density at radius 2 is 0.524 bits per heavy atom. The second-order valence-corrected chi connectivity index (χ2v) is 43.7. The number of rotatable bonds is 24. The summed E-state index contributed by atoms with van der Waals surface area (Å²) in [5.74, 6) is 9.58. The fraction of sp³-hybridized carbons (Fsp3) is 0.649. The van der Waals surface area contributed by atoms with Gasteiger partial charge in [0.2, 0.25) is 0 Å². The quantitative estimate of drug-likeness (QED) is 0.0577. The SMILES string of the molecule is CC(C)c1cc2c(C(C)C)c(C(C)C)n(C(C)C)c2cn1.CC(C)c1cc2c(C(C)C)c(C(C)C)n(C(C)C)c2nn1.CC(C)c1ccc2c(n1)c(C(C)C)c(C(C)C)n2C(C)C.CC(C)c1cnc2c(c1)c(C(C)C)c(C(C)C)n2C(C)C.CC(C)c1cnc2c(n1)c(C(C)C)c(C(C)C)n2C(C)C.CC(C)c1ncc2c(n1)c(C(C)C)c(C(C)C)n2C(C)C. The van der Waals surface area contributed by atoms with E-state index in [2.05, 4.69) is 418 Å². The normalized spacial score (nSPS) is 12.6. The Labute approximate surface area is 766 Å². The molecule has 15 heteroatoms. The Morgan fingerprint density at radius 3 is 0.921 bits per heavy atom. The van der Waals surface area contributed by atoms with E-state index in [-0.39, 0.29) is 0 Å². The van der Waals surface area contributed by atoms with Crippen molar-refractivity contribution in [1.82, 2.24) is 72.5 Å². The van der Waals surface area contributed by atoms with Crippen LogP contribution >= 0.6 is 0 Å². The standard InChI is InChI=1S/3C19H30N2.3C18H29N3/c1-11(2)16-9-15-17(10-20-16)21(14(7)8)19(13(5)6)18(15)12(3)4;1-11(2)15-9-16-17(12(3)4)18(13(5)6)21(14(7)8)19(16)20-10-15;1-11(2)15-9-10-16-18(20-15)17(12(3)4)19(13(5)6)21(16)14(7)8;1-10(2)15-16-14(9-19-18(20-16)12(5)6)21(13(7)8)17(15)11(3)4;1-10(2)15-9-14-16(11(3)4)17(12(5)6)21(13(7)8)18(14)20-19-15;1-10(2)14-9-19-18-16(20-14)15(11(3)4)17(12(5)6)21(18)13(7)8/h3*9-14H,1-8H3;3*9-13H,1-8H3. The van der Waals surface area contributed by atoms with Gasteiger partial charge in [0.1, 0.15) is 17.0 Å². The van der Waals surface area contributed by atoms with E-state index in [0.29, 0.717) is 143 Å². The van der Waals surface area contributed by atoms with Crippen molar-refractivity contribution in [3.63, 3.8) is 0 Å². The molecule has 0 N–H and O–H groups in total. The summed E-state index contributed by atoms with van der Waals surface area (Å²) in [6.07, 6.45) is 8.11. The molecule has 0 aromatic carbocycles. The predicted octanol–water partition coefficient (Wildman–Crippen LogP) is 34.1. The molecular formula is C111H177N15. The lowest BCUT2D eigenvalue weighted by molar-refractivity contribution is 0.563. The minimum absolute atomic E-state index is 0.360. The van der Waals surface area contributed by atoms with Crippen LogP contribution in [0.1, 0.15) is 577 Å². The van der Waals surface area contributed by atoms with Gasteiger partial charge in [-0.15, -0.1) is 5.10 Å². The Hall–Kier alpha value is -8.07. The Bertz CT molecular complexity index is 4680. The maximum atomic E-state index is 5.02. The molecule has 0 spiro atoms. The van der Waals surface area contributed by atoms with E-state index >= 15 is 0 Å². The van der Waals surface area contributed by atoms with Gasteiger partial charge in [-0.2, -0.15) is 5.10 Å². The van der Waals surface area contributed by atoms with Crippen LogP contribution in [0.15, 0.2) is 55.1 Å². The summed E-state index contributed by atoms with van der Waals surface area (Å²) >= 11 is 0. The van der Waals surface area contributed by atoms with E-state index in [9.17, 15) is 0 Å². The number of aromatic nitrogens is 15. The van der Waals surface area contributed by atoms with E-state index < -0.39 is 0 Å². The minimum Gasteiger partial charge on any atom is -0.340 e. The van der Waals surface area contributed by atoms with Gasteiger partial charge in [0, 0.05) is 127 Å². The molecule has 12 aromatic rings. The Balaban J connectivity index is 0.000000207. The molecule has 0 unspecified atom stereocenters. The van der Waals surface area contributed by atoms with Crippen molar-refractivity contribution in [2.75, 3.05) is 0 Å². The monoisotopic (exact) mass is 1720 g/mol. The highest BCUT2D eigenvalue weighted by molar-refractivity contribution is 5.88. The molecule has 0 bridgehead atoms. The van der Waals surface area contributed by atoms with Crippen molar-refractivity contribution >= 4 is 66.2 Å². The highest BCUT2D eigenvalue weighted by atomic mass is 15.2. The lowest BCUT2D eigenvalue weighted by Gasteiger charge is -2.19. The number of fused-ring (bicyclic) bond motifs is 6. The molecular weight excluding hydrogens is 1540 g/mol. The van der Waals surface area contributed by atoms with Gasteiger partial charge in [0.15, 0.2) is 11.3 Å². The summed E-state index contributed by atoms with van der Waals surface area (Å²) in [5.41, 5.74) is 33.7. The average molecular weight is 1720 g/mol. The Kier molecular flexibility index (Phi) is 36.3. The van der Waals surface area contributed by atoms with E-state index in [1.54, 1.807) is 0 Å². The predicted molar refractivity (Wildman–Crippen MR) is 548 cm³/mol.